The highest BCUT2D eigenvalue weighted by Gasteiger charge is 2.19. The molecule has 0 spiro atoms. The van der Waals surface area contributed by atoms with E-state index in [-0.39, 0.29) is 12.6 Å². The Bertz CT molecular complexity index is 378. The van der Waals surface area contributed by atoms with E-state index in [2.05, 4.69) is 6.92 Å². The lowest BCUT2D eigenvalue weighted by molar-refractivity contribution is -0.158. The molecule has 0 N–H and O–H groups in total. The predicted octanol–water partition coefficient (Wildman–Crippen LogP) is 3.59. The molecule has 1 atom stereocenters. The van der Waals surface area contributed by atoms with Gasteiger partial charge in [-0.15, -0.1) is 0 Å². The van der Waals surface area contributed by atoms with Crippen molar-refractivity contribution in [3.05, 3.63) is 30.3 Å². The van der Waals surface area contributed by atoms with Crippen LogP contribution in [-0.4, -0.2) is 31.9 Å². The summed E-state index contributed by atoms with van der Waals surface area (Å²) in [5.74, 6) is 0.488. The summed E-state index contributed by atoms with van der Waals surface area (Å²) in [6, 6.07) is 9.47. The molecule has 4 heteroatoms. The van der Waals surface area contributed by atoms with Gasteiger partial charge < -0.3 is 14.2 Å². The molecular formula is C17H26O4. The molecule has 0 saturated carbocycles. The Hall–Kier alpha value is -1.55. The van der Waals surface area contributed by atoms with Crippen molar-refractivity contribution in [2.45, 2.75) is 45.6 Å². The van der Waals surface area contributed by atoms with Crippen molar-refractivity contribution >= 4 is 5.97 Å². The smallest absolute Gasteiger partial charge is 0.335 e. The Kier molecular flexibility index (Phi) is 9.29. The molecule has 0 amide bonds. The minimum atomic E-state index is -0.446. The Labute approximate surface area is 127 Å². The van der Waals surface area contributed by atoms with Crippen LogP contribution in [0.25, 0.3) is 0 Å². The van der Waals surface area contributed by atoms with Crippen LogP contribution >= 0.6 is 0 Å². The van der Waals surface area contributed by atoms with E-state index in [1.54, 1.807) is 0 Å². The van der Waals surface area contributed by atoms with Gasteiger partial charge in [-0.1, -0.05) is 44.4 Å². The van der Waals surface area contributed by atoms with Crippen LogP contribution in [0.15, 0.2) is 30.3 Å². The molecule has 0 bridgehead atoms. The summed E-state index contributed by atoms with van der Waals surface area (Å²) < 4.78 is 16.1. The first-order valence-electron chi connectivity index (χ1n) is 7.74. The van der Waals surface area contributed by atoms with E-state index in [1.165, 1.54) is 0 Å². The van der Waals surface area contributed by atoms with Gasteiger partial charge in [-0.3, -0.25) is 0 Å². The molecule has 0 heterocycles. The van der Waals surface area contributed by atoms with Crippen molar-refractivity contribution in [3.63, 3.8) is 0 Å². The standard InChI is InChI=1S/C17H26O4/c1-3-5-7-12-16(19-4-2)17(18)21-14-13-20-15-10-8-6-9-11-15/h6,8-11,16H,3-5,7,12-14H2,1-2H3. The highest BCUT2D eigenvalue weighted by atomic mass is 16.6. The maximum atomic E-state index is 11.9. The van der Waals surface area contributed by atoms with Crippen LogP contribution in [0.5, 0.6) is 5.75 Å². The summed E-state index contributed by atoms with van der Waals surface area (Å²) in [6.07, 6.45) is 3.49. The zero-order valence-electron chi connectivity index (χ0n) is 13.0. The van der Waals surface area contributed by atoms with Gasteiger partial charge in [0.2, 0.25) is 0 Å². The first-order valence-corrected chi connectivity index (χ1v) is 7.74. The molecule has 1 rings (SSSR count). The maximum absolute atomic E-state index is 11.9. The highest BCUT2D eigenvalue weighted by molar-refractivity contribution is 5.74. The fourth-order valence-corrected chi connectivity index (χ4v) is 1.96. The SMILES string of the molecule is CCCCCC(OCC)C(=O)OCCOc1ccccc1. The van der Waals surface area contributed by atoms with Gasteiger partial charge in [0.25, 0.3) is 0 Å². The van der Waals surface area contributed by atoms with Crippen LogP contribution < -0.4 is 4.74 Å². The zero-order valence-corrected chi connectivity index (χ0v) is 13.0. The second kappa shape index (κ2) is 11.1. The summed E-state index contributed by atoms with van der Waals surface area (Å²) in [5.41, 5.74) is 0. The van der Waals surface area contributed by atoms with Crippen LogP contribution in [0.4, 0.5) is 0 Å². The summed E-state index contributed by atoms with van der Waals surface area (Å²) in [5, 5.41) is 0. The van der Waals surface area contributed by atoms with Gasteiger partial charge in [-0.05, 0) is 25.5 Å². The van der Waals surface area contributed by atoms with Gasteiger partial charge >= 0.3 is 5.97 Å². The van der Waals surface area contributed by atoms with Crippen molar-refractivity contribution in [2.24, 2.45) is 0 Å². The molecule has 1 unspecified atom stereocenters. The number of para-hydroxylation sites is 1. The molecule has 0 aliphatic carbocycles. The molecule has 118 valence electrons. The van der Waals surface area contributed by atoms with Crippen molar-refractivity contribution in [2.75, 3.05) is 19.8 Å². The van der Waals surface area contributed by atoms with E-state index in [0.29, 0.717) is 13.2 Å². The molecule has 0 radical (unpaired) electrons. The largest absolute Gasteiger partial charge is 0.490 e. The van der Waals surface area contributed by atoms with Crippen LogP contribution in [0, 0.1) is 0 Å². The molecular weight excluding hydrogens is 268 g/mol. The lowest BCUT2D eigenvalue weighted by Gasteiger charge is -2.16. The number of esters is 1. The van der Waals surface area contributed by atoms with E-state index >= 15 is 0 Å². The van der Waals surface area contributed by atoms with Gasteiger partial charge in [0.15, 0.2) is 6.10 Å². The number of ether oxygens (including phenoxy) is 3. The number of benzene rings is 1. The molecule has 21 heavy (non-hydrogen) atoms. The molecule has 0 saturated heterocycles. The molecule has 1 aromatic carbocycles. The van der Waals surface area contributed by atoms with Crippen molar-refractivity contribution in [3.8, 4) is 5.75 Å². The van der Waals surface area contributed by atoms with E-state index in [4.69, 9.17) is 14.2 Å². The summed E-state index contributed by atoms with van der Waals surface area (Å²) in [7, 11) is 0. The minimum Gasteiger partial charge on any atom is -0.490 e. The van der Waals surface area contributed by atoms with Crippen molar-refractivity contribution < 1.29 is 19.0 Å². The van der Waals surface area contributed by atoms with Crippen molar-refractivity contribution in [1.82, 2.24) is 0 Å². The van der Waals surface area contributed by atoms with Gasteiger partial charge in [0, 0.05) is 6.61 Å². The predicted molar refractivity (Wildman–Crippen MR) is 82.5 cm³/mol. The van der Waals surface area contributed by atoms with E-state index in [1.807, 2.05) is 37.3 Å². The average Bonchev–Trinajstić information content (AvgIpc) is 2.52. The average molecular weight is 294 g/mol. The minimum absolute atomic E-state index is 0.241. The number of carbonyl (C=O) groups is 1. The summed E-state index contributed by atoms with van der Waals surface area (Å²) in [6.45, 7) is 5.13. The zero-order chi connectivity index (χ0) is 15.3. The van der Waals surface area contributed by atoms with Gasteiger partial charge in [-0.25, -0.2) is 4.79 Å². The van der Waals surface area contributed by atoms with Gasteiger partial charge in [0.1, 0.15) is 19.0 Å². The first kappa shape index (κ1) is 17.5. The van der Waals surface area contributed by atoms with E-state index in [0.717, 1.165) is 31.4 Å². The molecule has 0 aliphatic heterocycles. The fourth-order valence-electron chi connectivity index (χ4n) is 1.96. The normalized spacial score (nSPS) is 11.9. The molecule has 0 aromatic heterocycles. The Morgan fingerprint density at radius 3 is 2.52 bits per heavy atom. The highest BCUT2D eigenvalue weighted by Crippen LogP contribution is 2.10. The maximum Gasteiger partial charge on any atom is 0.335 e. The van der Waals surface area contributed by atoms with Crippen LogP contribution in [0.3, 0.4) is 0 Å². The Balaban J connectivity index is 2.22. The Morgan fingerprint density at radius 1 is 1.10 bits per heavy atom. The summed E-state index contributed by atoms with van der Waals surface area (Å²) in [4.78, 5) is 11.9. The lowest BCUT2D eigenvalue weighted by Crippen LogP contribution is -2.28. The topological polar surface area (TPSA) is 44.8 Å². The monoisotopic (exact) mass is 294 g/mol. The lowest BCUT2D eigenvalue weighted by atomic mass is 10.1. The van der Waals surface area contributed by atoms with Gasteiger partial charge in [0.05, 0.1) is 0 Å². The number of hydrogen-bond acceptors (Lipinski definition) is 4. The molecule has 4 nitrogen and oxygen atoms in total. The van der Waals surface area contributed by atoms with E-state index in [9.17, 15) is 4.79 Å². The third-order valence-electron chi connectivity index (χ3n) is 3.04. The first-order chi connectivity index (χ1) is 10.3. The Morgan fingerprint density at radius 2 is 1.86 bits per heavy atom. The van der Waals surface area contributed by atoms with Crippen LogP contribution in [-0.2, 0) is 14.3 Å². The fraction of sp³-hybridized carbons (Fsp3) is 0.588. The third-order valence-corrected chi connectivity index (χ3v) is 3.04. The number of unbranched alkanes of at least 4 members (excludes halogenated alkanes) is 2. The number of rotatable bonds is 11. The molecule has 0 aliphatic rings. The summed E-state index contributed by atoms with van der Waals surface area (Å²) >= 11 is 0. The number of carbonyl (C=O) groups excluding carboxylic acids is 1. The van der Waals surface area contributed by atoms with Gasteiger partial charge in [-0.2, -0.15) is 0 Å². The van der Waals surface area contributed by atoms with Crippen molar-refractivity contribution in [1.29, 1.82) is 0 Å². The third kappa shape index (κ3) is 7.71. The van der Waals surface area contributed by atoms with E-state index < -0.39 is 6.10 Å². The quantitative estimate of drug-likeness (QED) is 0.462. The molecule has 0 fully saturated rings. The second-order valence-electron chi connectivity index (χ2n) is 4.77. The van der Waals surface area contributed by atoms with Crippen LogP contribution in [0.2, 0.25) is 0 Å². The molecule has 1 aromatic rings. The van der Waals surface area contributed by atoms with Crippen LogP contribution in [0.1, 0.15) is 39.5 Å². The second-order valence-corrected chi connectivity index (χ2v) is 4.77. The number of hydrogen-bond donors (Lipinski definition) is 0.